The van der Waals surface area contributed by atoms with Crippen LogP contribution in [0.15, 0.2) is 34.8 Å². The highest BCUT2D eigenvalue weighted by molar-refractivity contribution is 9.10. The highest BCUT2D eigenvalue weighted by Crippen LogP contribution is 2.36. The zero-order chi connectivity index (χ0) is 14.0. The van der Waals surface area contributed by atoms with E-state index in [0.29, 0.717) is 4.47 Å². The second-order valence-electron chi connectivity index (χ2n) is 3.40. The highest BCUT2D eigenvalue weighted by atomic mass is 79.9. The summed E-state index contributed by atoms with van der Waals surface area (Å²) in [6.45, 7) is 0. The standard InChI is InChI=1S/C11H6BrNO5S/c12-6-1-2-8(7(5-6)13(16)17)18-10-4-3-9(19-10)11(14)15/h1-5H,(H,14,15). The van der Waals surface area contributed by atoms with Crippen LogP contribution in [-0.2, 0) is 0 Å². The lowest BCUT2D eigenvalue weighted by Crippen LogP contribution is -1.92. The van der Waals surface area contributed by atoms with Crippen molar-refractivity contribution in [3.63, 3.8) is 0 Å². The van der Waals surface area contributed by atoms with Crippen molar-refractivity contribution >= 4 is 38.9 Å². The smallest absolute Gasteiger partial charge is 0.345 e. The molecule has 2 rings (SSSR count). The van der Waals surface area contributed by atoms with Gasteiger partial charge in [-0.15, -0.1) is 0 Å². The van der Waals surface area contributed by atoms with Crippen molar-refractivity contribution in [2.45, 2.75) is 0 Å². The summed E-state index contributed by atoms with van der Waals surface area (Å²) in [5, 5.41) is 20.0. The lowest BCUT2D eigenvalue weighted by atomic mass is 10.3. The molecule has 0 aliphatic rings. The minimum Gasteiger partial charge on any atom is -0.477 e. The van der Waals surface area contributed by atoms with Gasteiger partial charge in [0, 0.05) is 10.5 Å². The normalized spacial score (nSPS) is 10.2. The molecule has 0 atom stereocenters. The number of carboxylic acid groups (broad SMARTS) is 1. The van der Waals surface area contributed by atoms with Gasteiger partial charge in [-0.3, -0.25) is 10.1 Å². The van der Waals surface area contributed by atoms with E-state index >= 15 is 0 Å². The van der Waals surface area contributed by atoms with Crippen molar-refractivity contribution in [2.75, 3.05) is 0 Å². The van der Waals surface area contributed by atoms with Crippen molar-refractivity contribution in [1.82, 2.24) is 0 Å². The van der Waals surface area contributed by atoms with Gasteiger partial charge in [-0.05, 0) is 24.3 Å². The number of hydrogen-bond acceptors (Lipinski definition) is 5. The van der Waals surface area contributed by atoms with Crippen molar-refractivity contribution < 1.29 is 19.6 Å². The van der Waals surface area contributed by atoms with Gasteiger partial charge in [-0.1, -0.05) is 27.3 Å². The van der Waals surface area contributed by atoms with Gasteiger partial charge in [0.15, 0.2) is 5.06 Å². The molecule has 0 amide bonds. The zero-order valence-electron chi connectivity index (χ0n) is 9.20. The van der Waals surface area contributed by atoms with Crippen molar-refractivity contribution in [1.29, 1.82) is 0 Å². The minimum atomic E-state index is -1.06. The van der Waals surface area contributed by atoms with E-state index in [1.165, 1.54) is 24.3 Å². The van der Waals surface area contributed by atoms with Crippen LogP contribution in [0.4, 0.5) is 5.69 Å². The van der Waals surface area contributed by atoms with E-state index < -0.39 is 10.9 Å². The molecule has 1 N–H and O–H groups in total. The van der Waals surface area contributed by atoms with Crippen LogP contribution in [0.1, 0.15) is 9.67 Å². The fraction of sp³-hybridized carbons (Fsp3) is 0. The molecule has 0 saturated heterocycles. The van der Waals surface area contributed by atoms with Gasteiger partial charge in [0.05, 0.1) is 4.92 Å². The molecule has 0 saturated carbocycles. The first-order valence-corrected chi connectivity index (χ1v) is 6.53. The molecule has 6 nitrogen and oxygen atoms in total. The predicted octanol–water partition coefficient (Wildman–Crippen LogP) is 3.91. The zero-order valence-corrected chi connectivity index (χ0v) is 11.6. The molecule has 1 heterocycles. The third kappa shape index (κ3) is 3.09. The van der Waals surface area contributed by atoms with Crippen molar-refractivity contribution in [3.8, 4) is 10.8 Å². The lowest BCUT2D eigenvalue weighted by molar-refractivity contribution is -0.385. The molecule has 0 aliphatic heterocycles. The van der Waals surface area contributed by atoms with Gasteiger partial charge >= 0.3 is 11.7 Å². The topological polar surface area (TPSA) is 89.7 Å². The van der Waals surface area contributed by atoms with Gasteiger partial charge in [-0.25, -0.2) is 4.79 Å². The molecule has 1 aromatic carbocycles. The maximum Gasteiger partial charge on any atom is 0.345 e. The monoisotopic (exact) mass is 343 g/mol. The number of thiophene rings is 1. The highest BCUT2D eigenvalue weighted by Gasteiger charge is 2.17. The molecule has 2 aromatic rings. The SMILES string of the molecule is O=C(O)c1ccc(Oc2ccc(Br)cc2[N+](=O)[O-])s1. The Kier molecular flexibility index (Phi) is 3.82. The third-order valence-electron chi connectivity index (χ3n) is 2.12. The summed E-state index contributed by atoms with van der Waals surface area (Å²) in [6, 6.07) is 7.21. The van der Waals surface area contributed by atoms with E-state index in [9.17, 15) is 14.9 Å². The van der Waals surface area contributed by atoms with E-state index in [0.717, 1.165) is 11.3 Å². The Morgan fingerprint density at radius 3 is 2.68 bits per heavy atom. The lowest BCUT2D eigenvalue weighted by Gasteiger charge is -2.03. The summed E-state index contributed by atoms with van der Waals surface area (Å²) in [5.41, 5.74) is -0.195. The largest absolute Gasteiger partial charge is 0.477 e. The second kappa shape index (κ2) is 5.37. The molecule has 0 fully saturated rings. The molecule has 0 spiro atoms. The maximum absolute atomic E-state index is 10.9. The van der Waals surface area contributed by atoms with E-state index in [1.54, 1.807) is 6.07 Å². The van der Waals surface area contributed by atoms with E-state index in [2.05, 4.69) is 15.9 Å². The summed E-state index contributed by atoms with van der Waals surface area (Å²) in [4.78, 5) is 21.2. The molecule has 98 valence electrons. The molecular weight excluding hydrogens is 338 g/mol. The number of nitrogens with zero attached hydrogens (tertiary/aromatic N) is 1. The number of carboxylic acids is 1. The molecule has 0 bridgehead atoms. The number of benzene rings is 1. The van der Waals surface area contributed by atoms with Gasteiger partial charge in [0.25, 0.3) is 0 Å². The Morgan fingerprint density at radius 2 is 2.11 bits per heavy atom. The van der Waals surface area contributed by atoms with Crippen LogP contribution >= 0.6 is 27.3 Å². The fourth-order valence-electron chi connectivity index (χ4n) is 1.32. The van der Waals surface area contributed by atoms with Gasteiger partial charge < -0.3 is 9.84 Å². The van der Waals surface area contributed by atoms with Crippen LogP contribution in [0.3, 0.4) is 0 Å². The Morgan fingerprint density at radius 1 is 1.37 bits per heavy atom. The minimum absolute atomic E-state index is 0.0620. The summed E-state index contributed by atoms with van der Waals surface area (Å²) < 4.78 is 5.91. The molecular formula is C11H6BrNO5S. The average molecular weight is 344 g/mol. The molecule has 19 heavy (non-hydrogen) atoms. The maximum atomic E-state index is 10.9. The molecule has 1 aromatic heterocycles. The number of hydrogen-bond donors (Lipinski definition) is 1. The number of nitro benzene ring substituents is 1. The molecule has 0 unspecified atom stereocenters. The summed E-state index contributed by atoms with van der Waals surface area (Å²) >= 11 is 4.04. The molecule has 0 aliphatic carbocycles. The van der Waals surface area contributed by atoms with Crippen LogP contribution in [0.5, 0.6) is 10.8 Å². The first-order valence-electron chi connectivity index (χ1n) is 4.92. The van der Waals surface area contributed by atoms with Crippen LogP contribution in [0.2, 0.25) is 0 Å². The van der Waals surface area contributed by atoms with Crippen LogP contribution in [0.25, 0.3) is 0 Å². The molecule has 8 heteroatoms. The number of aromatic carboxylic acids is 1. The van der Waals surface area contributed by atoms with Gasteiger partial charge in [0.2, 0.25) is 5.75 Å². The first kappa shape index (κ1) is 13.5. The third-order valence-corrected chi connectivity index (χ3v) is 3.56. The van der Waals surface area contributed by atoms with E-state index in [-0.39, 0.29) is 21.4 Å². The van der Waals surface area contributed by atoms with Crippen molar-refractivity contribution in [2.24, 2.45) is 0 Å². The van der Waals surface area contributed by atoms with Crippen LogP contribution < -0.4 is 4.74 Å². The Labute approximate surface area is 119 Å². The molecule has 0 radical (unpaired) electrons. The Balaban J connectivity index is 2.32. The number of halogens is 1. The van der Waals surface area contributed by atoms with Crippen LogP contribution in [0, 0.1) is 10.1 Å². The number of rotatable bonds is 4. The summed E-state index contributed by atoms with van der Waals surface area (Å²) in [7, 11) is 0. The number of ether oxygens (including phenoxy) is 1. The van der Waals surface area contributed by atoms with E-state index in [4.69, 9.17) is 9.84 Å². The van der Waals surface area contributed by atoms with E-state index in [1.807, 2.05) is 0 Å². The predicted molar refractivity (Wildman–Crippen MR) is 72.1 cm³/mol. The Hall–Kier alpha value is -1.93. The first-order chi connectivity index (χ1) is 8.97. The quantitative estimate of drug-likeness (QED) is 0.671. The summed E-state index contributed by atoms with van der Waals surface area (Å²) in [5.74, 6) is -1.00. The number of carbonyl (C=O) groups is 1. The summed E-state index contributed by atoms with van der Waals surface area (Å²) in [6.07, 6.45) is 0. The second-order valence-corrected chi connectivity index (χ2v) is 5.36. The van der Waals surface area contributed by atoms with Gasteiger partial charge in [-0.2, -0.15) is 0 Å². The van der Waals surface area contributed by atoms with Gasteiger partial charge in [0.1, 0.15) is 4.88 Å². The fourth-order valence-corrected chi connectivity index (χ4v) is 2.37. The van der Waals surface area contributed by atoms with Crippen molar-refractivity contribution in [3.05, 3.63) is 49.8 Å². The average Bonchev–Trinajstić information content (AvgIpc) is 2.80. The number of nitro groups is 1. The Bertz CT molecular complexity index is 654. The van der Waals surface area contributed by atoms with Crippen LogP contribution in [-0.4, -0.2) is 16.0 Å².